The van der Waals surface area contributed by atoms with Gasteiger partial charge >= 0.3 is 5.97 Å². The minimum Gasteiger partial charge on any atom is -0.479 e. The molecule has 1 atom stereocenters. The molecule has 9 heteroatoms. The number of amides is 1. The van der Waals surface area contributed by atoms with Gasteiger partial charge in [0.25, 0.3) is 11.6 Å². The van der Waals surface area contributed by atoms with E-state index in [1.807, 2.05) is 0 Å². The molecule has 2 heterocycles. The first-order chi connectivity index (χ1) is 9.85. The fourth-order valence-corrected chi connectivity index (χ4v) is 3.35. The van der Waals surface area contributed by atoms with E-state index in [9.17, 15) is 24.8 Å². The van der Waals surface area contributed by atoms with Crippen molar-refractivity contribution >= 4 is 29.3 Å². The van der Waals surface area contributed by atoms with Crippen LogP contribution in [0.3, 0.4) is 0 Å². The van der Waals surface area contributed by atoms with E-state index < -0.39 is 22.3 Å². The highest BCUT2D eigenvalue weighted by Crippen LogP contribution is 2.29. The van der Waals surface area contributed by atoms with E-state index in [1.54, 1.807) is 0 Å². The number of nitro groups is 1. The lowest BCUT2D eigenvalue weighted by Crippen LogP contribution is -2.54. The summed E-state index contributed by atoms with van der Waals surface area (Å²) in [6.07, 6.45) is 1.38. The van der Waals surface area contributed by atoms with Gasteiger partial charge in [-0.1, -0.05) is 0 Å². The zero-order chi connectivity index (χ0) is 15.6. The minimum absolute atomic E-state index is 0.0155. The molecule has 0 aromatic carbocycles. The number of thioether (sulfide) groups is 1. The third-order valence-electron chi connectivity index (χ3n) is 3.31. The molecule has 1 unspecified atom stereocenters. The summed E-state index contributed by atoms with van der Waals surface area (Å²) < 4.78 is 0. The van der Waals surface area contributed by atoms with Gasteiger partial charge in [-0.2, -0.15) is 11.8 Å². The summed E-state index contributed by atoms with van der Waals surface area (Å²) in [6, 6.07) is 1.11. The molecule has 21 heavy (non-hydrogen) atoms. The van der Waals surface area contributed by atoms with Crippen molar-refractivity contribution in [1.82, 2.24) is 10.3 Å². The number of pyridine rings is 1. The van der Waals surface area contributed by atoms with Crippen molar-refractivity contribution in [2.24, 2.45) is 0 Å². The third-order valence-corrected chi connectivity index (χ3v) is 4.50. The van der Waals surface area contributed by atoms with E-state index in [0.717, 1.165) is 12.3 Å². The molecule has 1 aliphatic rings. The number of carbonyl (C=O) groups is 2. The van der Waals surface area contributed by atoms with Crippen LogP contribution in [0.1, 0.15) is 22.5 Å². The molecule has 1 saturated heterocycles. The van der Waals surface area contributed by atoms with Crippen LogP contribution in [-0.2, 0) is 4.79 Å². The molecule has 0 bridgehead atoms. The number of aromatic nitrogens is 1. The lowest BCUT2D eigenvalue weighted by Gasteiger charge is -2.24. The first kappa shape index (κ1) is 15.2. The summed E-state index contributed by atoms with van der Waals surface area (Å²) >= 11 is 1.44. The molecule has 1 aliphatic heterocycles. The first-order valence-electron chi connectivity index (χ1n) is 6.10. The molecular formula is C12H13N3O5S. The van der Waals surface area contributed by atoms with Crippen LogP contribution in [-0.4, -0.2) is 43.9 Å². The second kappa shape index (κ2) is 5.68. The van der Waals surface area contributed by atoms with Gasteiger partial charge < -0.3 is 10.4 Å². The van der Waals surface area contributed by atoms with E-state index in [4.69, 9.17) is 0 Å². The minimum atomic E-state index is -1.32. The van der Waals surface area contributed by atoms with Crippen LogP contribution in [0.2, 0.25) is 0 Å². The monoisotopic (exact) mass is 311 g/mol. The Hall–Kier alpha value is -2.16. The number of rotatable bonds is 4. The highest BCUT2D eigenvalue weighted by atomic mass is 32.2. The van der Waals surface area contributed by atoms with Crippen LogP contribution in [0.5, 0.6) is 0 Å². The number of aryl methyl sites for hydroxylation is 1. The molecule has 1 amide bonds. The predicted octanol–water partition coefficient (Wildman–Crippen LogP) is 0.988. The van der Waals surface area contributed by atoms with Crippen molar-refractivity contribution in [1.29, 1.82) is 0 Å². The van der Waals surface area contributed by atoms with Gasteiger partial charge in [-0.05, 0) is 19.1 Å². The van der Waals surface area contributed by atoms with E-state index in [2.05, 4.69) is 10.3 Å². The molecule has 0 saturated carbocycles. The number of hydrogen-bond donors (Lipinski definition) is 2. The number of hydrogen-bond acceptors (Lipinski definition) is 6. The van der Waals surface area contributed by atoms with Gasteiger partial charge in [0.1, 0.15) is 11.7 Å². The van der Waals surface area contributed by atoms with Gasteiger partial charge in [0.05, 0.1) is 16.2 Å². The molecule has 112 valence electrons. The number of nitrogens with zero attached hydrogens (tertiary/aromatic N) is 2. The largest absolute Gasteiger partial charge is 0.479 e. The standard InChI is InChI=1S/C12H13N3O5S/c1-7-9(4-8(5-13-7)15(19)20)10(16)14-12(11(17)18)2-3-21-6-12/h4-5H,2-3,6H2,1H3,(H,14,16)(H,17,18). The average molecular weight is 311 g/mol. The van der Waals surface area contributed by atoms with Crippen LogP contribution < -0.4 is 5.32 Å². The highest BCUT2D eigenvalue weighted by molar-refractivity contribution is 7.99. The van der Waals surface area contributed by atoms with Crippen molar-refractivity contribution in [3.05, 3.63) is 33.6 Å². The van der Waals surface area contributed by atoms with E-state index in [-0.39, 0.29) is 17.0 Å². The Balaban J connectivity index is 2.30. The van der Waals surface area contributed by atoms with Crippen LogP contribution in [0, 0.1) is 17.0 Å². The number of nitrogens with one attached hydrogen (secondary N) is 1. The number of aliphatic carboxylic acids is 1. The molecule has 2 rings (SSSR count). The third kappa shape index (κ3) is 2.97. The maximum atomic E-state index is 12.3. The molecule has 1 fully saturated rings. The van der Waals surface area contributed by atoms with Gasteiger partial charge in [-0.15, -0.1) is 0 Å². The fraction of sp³-hybridized carbons (Fsp3) is 0.417. The lowest BCUT2D eigenvalue weighted by atomic mass is 9.98. The summed E-state index contributed by atoms with van der Waals surface area (Å²) in [5, 5.41) is 22.6. The van der Waals surface area contributed by atoms with Crippen molar-refractivity contribution < 1.29 is 19.6 Å². The number of carbonyl (C=O) groups excluding carboxylic acids is 1. The molecule has 0 radical (unpaired) electrons. The second-order valence-corrected chi connectivity index (χ2v) is 5.83. The van der Waals surface area contributed by atoms with Crippen LogP contribution in [0.4, 0.5) is 5.69 Å². The Kier molecular flexibility index (Phi) is 4.12. The Morgan fingerprint density at radius 3 is 2.81 bits per heavy atom. The summed E-state index contributed by atoms with van der Waals surface area (Å²) in [5.41, 5.74) is -1.30. The maximum Gasteiger partial charge on any atom is 0.330 e. The fourth-order valence-electron chi connectivity index (χ4n) is 2.02. The SMILES string of the molecule is Cc1ncc([N+](=O)[O-])cc1C(=O)NC1(C(=O)O)CCSC1. The molecule has 2 N–H and O–H groups in total. The lowest BCUT2D eigenvalue weighted by molar-refractivity contribution is -0.385. The van der Waals surface area contributed by atoms with Crippen molar-refractivity contribution in [3.8, 4) is 0 Å². The second-order valence-electron chi connectivity index (χ2n) is 4.73. The molecule has 0 aliphatic carbocycles. The van der Waals surface area contributed by atoms with Crippen LogP contribution in [0.15, 0.2) is 12.3 Å². The van der Waals surface area contributed by atoms with Gasteiger partial charge in [-0.25, -0.2) is 4.79 Å². The van der Waals surface area contributed by atoms with Crippen molar-refractivity contribution in [2.45, 2.75) is 18.9 Å². The van der Waals surface area contributed by atoms with Gasteiger partial charge in [0.15, 0.2) is 0 Å². The van der Waals surface area contributed by atoms with Gasteiger partial charge in [0, 0.05) is 11.8 Å². The molecule has 1 aromatic heterocycles. The normalized spacial score (nSPS) is 21.0. The maximum absolute atomic E-state index is 12.3. The number of carboxylic acids is 1. The van der Waals surface area contributed by atoms with Crippen LogP contribution in [0.25, 0.3) is 0 Å². The average Bonchev–Trinajstić information content (AvgIpc) is 2.88. The first-order valence-corrected chi connectivity index (χ1v) is 7.26. The molecule has 8 nitrogen and oxygen atoms in total. The van der Waals surface area contributed by atoms with E-state index in [0.29, 0.717) is 17.9 Å². The molecule has 1 aromatic rings. The predicted molar refractivity (Wildman–Crippen MR) is 75.4 cm³/mol. The van der Waals surface area contributed by atoms with E-state index in [1.165, 1.54) is 18.7 Å². The summed E-state index contributed by atoms with van der Waals surface area (Å²) in [4.78, 5) is 37.6. The Morgan fingerprint density at radius 1 is 1.57 bits per heavy atom. The van der Waals surface area contributed by atoms with Gasteiger partial charge in [-0.3, -0.25) is 19.9 Å². The van der Waals surface area contributed by atoms with Crippen molar-refractivity contribution in [2.75, 3.05) is 11.5 Å². The highest BCUT2D eigenvalue weighted by Gasteiger charge is 2.43. The smallest absolute Gasteiger partial charge is 0.330 e. The topological polar surface area (TPSA) is 122 Å². The van der Waals surface area contributed by atoms with Gasteiger partial charge in [0.2, 0.25) is 0 Å². The number of carboxylic acid groups (broad SMARTS) is 1. The zero-order valence-corrected chi connectivity index (χ0v) is 12.0. The quantitative estimate of drug-likeness (QED) is 0.628. The van der Waals surface area contributed by atoms with Crippen LogP contribution >= 0.6 is 11.8 Å². The summed E-state index contributed by atoms with van der Waals surface area (Å²) in [7, 11) is 0. The molecular weight excluding hydrogens is 298 g/mol. The van der Waals surface area contributed by atoms with E-state index >= 15 is 0 Å². The molecule has 0 spiro atoms. The Bertz CT molecular complexity index is 613. The summed E-state index contributed by atoms with van der Waals surface area (Å²) in [6.45, 7) is 1.54. The summed E-state index contributed by atoms with van der Waals surface area (Å²) in [5.74, 6) is -0.848. The van der Waals surface area contributed by atoms with Crippen molar-refractivity contribution in [3.63, 3.8) is 0 Å². The zero-order valence-electron chi connectivity index (χ0n) is 11.2. The Labute approximate surface area is 124 Å². The Morgan fingerprint density at radius 2 is 2.29 bits per heavy atom.